The zero-order chi connectivity index (χ0) is 23.0. The van der Waals surface area contributed by atoms with Crippen LogP contribution in [-0.2, 0) is 30.3 Å². The number of anilines is 1. The van der Waals surface area contributed by atoms with Crippen molar-refractivity contribution in [3.63, 3.8) is 0 Å². The molecule has 3 aromatic heterocycles. The molecule has 0 amide bonds. The molecule has 0 unspecified atom stereocenters. The highest BCUT2D eigenvalue weighted by molar-refractivity contribution is 5.72. The number of nitrogens with zero attached hydrogens (tertiary/aromatic N) is 5. The van der Waals surface area contributed by atoms with E-state index in [0.29, 0.717) is 5.52 Å². The van der Waals surface area contributed by atoms with Crippen LogP contribution in [-0.4, -0.2) is 60.1 Å². The number of aromatic hydroxyl groups is 1. The highest BCUT2D eigenvalue weighted by Crippen LogP contribution is 2.33. The molecule has 0 aromatic carbocycles. The molecule has 1 fully saturated rings. The molecule has 32 heavy (non-hydrogen) atoms. The lowest BCUT2D eigenvalue weighted by molar-refractivity contribution is -0.153. The van der Waals surface area contributed by atoms with Crippen molar-refractivity contribution in [1.29, 1.82) is 0 Å². The van der Waals surface area contributed by atoms with E-state index in [4.69, 9.17) is 24.5 Å². The van der Waals surface area contributed by atoms with Gasteiger partial charge in [0, 0.05) is 26.3 Å². The zero-order valence-corrected chi connectivity index (χ0v) is 17.1. The monoisotopic (exact) mass is 448 g/mol. The molecular formula is C18H20N6O8. The normalized spacial score (nSPS) is 20.5. The van der Waals surface area contributed by atoms with Gasteiger partial charge in [-0.2, -0.15) is 4.98 Å². The van der Waals surface area contributed by atoms with Gasteiger partial charge in [0.25, 0.3) is 5.88 Å². The Bertz CT molecular complexity index is 1230. The number of carbonyl (C=O) groups excluding carboxylic acids is 2. The summed E-state index contributed by atoms with van der Waals surface area (Å²) in [6.45, 7) is 2.32. The van der Waals surface area contributed by atoms with Crippen LogP contribution in [0.4, 0.5) is 5.95 Å². The standard InChI is InChI=1S/C18H20N6O8/c1-8(25)29-7-11-3-13(30-9(2)26)16(31-11)24-15-12(5-20-17(19)21-15)23(18(24)28)6-10-4-14(27)22-32-10/h4-5,11,13,16H,3,6-7H2,1-2H3,(H,22,27)(H2,19,20,21)/t11-,13+,16+/m0/s1. The number of hydrogen-bond acceptors (Lipinski definition) is 12. The van der Waals surface area contributed by atoms with E-state index in [9.17, 15) is 19.5 Å². The maximum Gasteiger partial charge on any atom is 0.333 e. The quantitative estimate of drug-likeness (QED) is 0.469. The highest BCUT2D eigenvalue weighted by Gasteiger charge is 2.41. The first kappa shape index (κ1) is 21.3. The summed E-state index contributed by atoms with van der Waals surface area (Å²) >= 11 is 0. The summed E-state index contributed by atoms with van der Waals surface area (Å²) in [7, 11) is 0. The van der Waals surface area contributed by atoms with Gasteiger partial charge in [-0.3, -0.25) is 14.2 Å². The van der Waals surface area contributed by atoms with E-state index in [1.807, 2.05) is 0 Å². The fourth-order valence-corrected chi connectivity index (χ4v) is 3.57. The van der Waals surface area contributed by atoms with Gasteiger partial charge in [0.2, 0.25) is 5.95 Å². The second-order valence-corrected chi connectivity index (χ2v) is 7.16. The number of esters is 2. The highest BCUT2D eigenvalue weighted by atomic mass is 16.6. The van der Waals surface area contributed by atoms with Crippen molar-refractivity contribution < 1.29 is 33.4 Å². The summed E-state index contributed by atoms with van der Waals surface area (Å²) in [6, 6.07) is 1.26. The van der Waals surface area contributed by atoms with Crippen LogP contribution in [0.3, 0.4) is 0 Å². The van der Waals surface area contributed by atoms with Crippen molar-refractivity contribution in [2.24, 2.45) is 0 Å². The number of ether oxygens (including phenoxy) is 3. The fourth-order valence-electron chi connectivity index (χ4n) is 3.57. The third-order valence-corrected chi connectivity index (χ3v) is 4.77. The zero-order valence-electron chi connectivity index (χ0n) is 17.1. The van der Waals surface area contributed by atoms with Gasteiger partial charge >= 0.3 is 17.6 Å². The van der Waals surface area contributed by atoms with E-state index in [2.05, 4.69) is 15.1 Å². The van der Waals surface area contributed by atoms with Crippen LogP contribution in [0.15, 0.2) is 21.6 Å². The summed E-state index contributed by atoms with van der Waals surface area (Å²) in [4.78, 5) is 44.3. The summed E-state index contributed by atoms with van der Waals surface area (Å²) in [6.07, 6.45) is -0.988. The predicted octanol–water partition coefficient (Wildman–Crippen LogP) is -0.301. The molecule has 170 valence electrons. The Hall–Kier alpha value is -3.94. The molecule has 3 N–H and O–H groups in total. The van der Waals surface area contributed by atoms with Gasteiger partial charge in [-0.1, -0.05) is 0 Å². The number of carbonyl (C=O) groups is 2. The van der Waals surface area contributed by atoms with E-state index in [1.54, 1.807) is 0 Å². The Morgan fingerprint density at radius 1 is 1.34 bits per heavy atom. The van der Waals surface area contributed by atoms with Crippen LogP contribution in [0.25, 0.3) is 11.2 Å². The number of aromatic nitrogens is 5. The predicted molar refractivity (Wildman–Crippen MR) is 104 cm³/mol. The van der Waals surface area contributed by atoms with Crippen molar-refractivity contribution in [1.82, 2.24) is 24.3 Å². The van der Waals surface area contributed by atoms with Gasteiger partial charge in [-0.15, -0.1) is 0 Å². The maximum atomic E-state index is 13.4. The Balaban J connectivity index is 1.78. The van der Waals surface area contributed by atoms with Gasteiger partial charge in [-0.25, -0.2) is 14.3 Å². The Labute approximate surface area is 179 Å². The fraction of sp³-hybridized carbons (Fsp3) is 0.444. The average Bonchev–Trinajstić information content (AvgIpc) is 3.37. The molecule has 0 bridgehead atoms. The van der Waals surface area contributed by atoms with Crippen LogP contribution in [0, 0.1) is 0 Å². The smallest absolute Gasteiger partial charge is 0.333 e. The van der Waals surface area contributed by atoms with Gasteiger partial charge < -0.3 is 29.6 Å². The first-order chi connectivity index (χ1) is 15.2. The molecule has 14 heteroatoms. The van der Waals surface area contributed by atoms with E-state index >= 15 is 0 Å². The summed E-state index contributed by atoms with van der Waals surface area (Å²) < 4.78 is 23.8. The molecule has 3 atom stereocenters. The molecule has 0 aliphatic carbocycles. The van der Waals surface area contributed by atoms with Gasteiger partial charge in [0.15, 0.2) is 17.6 Å². The molecule has 0 radical (unpaired) electrons. The van der Waals surface area contributed by atoms with Crippen LogP contribution < -0.4 is 11.4 Å². The number of fused-ring (bicyclic) bond motifs is 1. The molecule has 1 aliphatic rings. The molecule has 0 spiro atoms. The Morgan fingerprint density at radius 2 is 2.12 bits per heavy atom. The lowest BCUT2D eigenvalue weighted by Gasteiger charge is -2.19. The molecule has 1 saturated heterocycles. The van der Waals surface area contributed by atoms with Crippen molar-refractivity contribution >= 4 is 29.1 Å². The maximum absolute atomic E-state index is 13.4. The van der Waals surface area contributed by atoms with Crippen LogP contribution in [0.1, 0.15) is 32.3 Å². The number of rotatable bonds is 6. The summed E-state index contributed by atoms with van der Waals surface area (Å²) in [5, 5.41) is 12.8. The summed E-state index contributed by atoms with van der Waals surface area (Å²) in [5.41, 5.74) is 5.60. The van der Waals surface area contributed by atoms with E-state index in [-0.39, 0.29) is 42.8 Å². The minimum Gasteiger partial charge on any atom is -0.491 e. The SMILES string of the molecule is CC(=O)OC[C@@H]1C[C@@H](OC(C)=O)[C@H](n2c(=O)n(Cc3cc(O)no3)c3cnc(N)nc32)O1. The molecule has 4 rings (SSSR count). The largest absolute Gasteiger partial charge is 0.491 e. The first-order valence-electron chi connectivity index (χ1n) is 9.56. The van der Waals surface area contributed by atoms with Crippen molar-refractivity contribution in [2.75, 3.05) is 12.3 Å². The van der Waals surface area contributed by atoms with Gasteiger partial charge in [-0.05, 0) is 5.16 Å². The van der Waals surface area contributed by atoms with E-state index in [1.165, 1.54) is 35.2 Å². The summed E-state index contributed by atoms with van der Waals surface area (Å²) in [5.74, 6) is -1.28. The molecule has 1 aliphatic heterocycles. The van der Waals surface area contributed by atoms with Crippen LogP contribution >= 0.6 is 0 Å². The van der Waals surface area contributed by atoms with Gasteiger partial charge in [0.05, 0.1) is 18.8 Å². The number of nitrogen functional groups attached to an aromatic ring is 1. The van der Waals surface area contributed by atoms with E-state index < -0.39 is 36.1 Å². The minimum atomic E-state index is -1.06. The van der Waals surface area contributed by atoms with E-state index in [0.717, 1.165) is 0 Å². The molecule has 3 aromatic rings. The second-order valence-electron chi connectivity index (χ2n) is 7.16. The third-order valence-electron chi connectivity index (χ3n) is 4.77. The first-order valence-corrected chi connectivity index (χ1v) is 9.56. The Morgan fingerprint density at radius 3 is 2.78 bits per heavy atom. The molecule has 0 saturated carbocycles. The Kier molecular flexibility index (Phi) is 5.52. The van der Waals surface area contributed by atoms with Crippen molar-refractivity contribution in [3.8, 4) is 5.88 Å². The molecule has 14 nitrogen and oxygen atoms in total. The third kappa shape index (κ3) is 4.12. The van der Waals surface area contributed by atoms with Gasteiger partial charge in [0.1, 0.15) is 18.2 Å². The number of hydrogen-bond donors (Lipinski definition) is 2. The van der Waals surface area contributed by atoms with Crippen LogP contribution in [0.2, 0.25) is 0 Å². The molecular weight excluding hydrogens is 428 g/mol. The molecule has 4 heterocycles. The topological polar surface area (TPSA) is 187 Å². The van der Waals surface area contributed by atoms with Crippen molar-refractivity contribution in [2.45, 2.75) is 45.2 Å². The van der Waals surface area contributed by atoms with Crippen molar-refractivity contribution in [3.05, 3.63) is 28.5 Å². The lowest BCUT2D eigenvalue weighted by atomic mass is 10.2. The lowest BCUT2D eigenvalue weighted by Crippen LogP contribution is -2.34. The average molecular weight is 448 g/mol. The minimum absolute atomic E-state index is 0.0779. The number of imidazole rings is 1. The number of nitrogens with two attached hydrogens (primary N) is 1. The van der Waals surface area contributed by atoms with Crippen LogP contribution in [0.5, 0.6) is 5.88 Å². The second kappa shape index (κ2) is 8.30.